The highest BCUT2D eigenvalue weighted by Gasteiger charge is 2.15. The standard InChI is InChI=1S/C15H17Br2ClN2O/c1-4-20-13(14(18)10(3)19-20)8-21-15-9(2)5-12(17)6-11(15)7-16/h5-6H,4,7-8H2,1-3H3. The largest absolute Gasteiger partial charge is 0.487 e. The Morgan fingerprint density at radius 1 is 1.33 bits per heavy atom. The molecule has 0 spiro atoms. The Hall–Kier alpha value is -0.520. The summed E-state index contributed by atoms with van der Waals surface area (Å²) in [6.45, 7) is 7.18. The molecule has 0 saturated heterocycles. The van der Waals surface area contributed by atoms with Crippen LogP contribution in [0.1, 0.15) is 29.4 Å². The van der Waals surface area contributed by atoms with Gasteiger partial charge in [-0.05, 0) is 38.5 Å². The van der Waals surface area contributed by atoms with Gasteiger partial charge in [-0.15, -0.1) is 0 Å². The zero-order valence-electron chi connectivity index (χ0n) is 12.2. The molecule has 114 valence electrons. The highest BCUT2D eigenvalue weighted by Crippen LogP contribution is 2.31. The molecule has 1 heterocycles. The van der Waals surface area contributed by atoms with Crippen molar-refractivity contribution < 1.29 is 4.74 Å². The third-order valence-corrected chi connectivity index (χ3v) is 4.82. The van der Waals surface area contributed by atoms with Crippen molar-refractivity contribution in [1.82, 2.24) is 9.78 Å². The fourth-order valence-electron chi connectivity index (χ4n) is 2.25. The maximum Gasteiger partial charge on any atom is 0.131 e. The van der Waals surface area contributed by atoms with Crippen LogP contribution in [0.25, 0.3) is 0 Å². The average Bonchev–Trinajstić information content (AvgIpc) is 2.72. The second-order valence-electron chi connectivity index (χ2n) is 4.80. The molecule has 3 nitrogen and oxygen atoms in total. The predicted molar refractivity (Wildman–Crippen MR) is 93.5 cm³/mol. The van der Waals surface area contributed by atoms with Crippen molar-refractivity contribution >= 4 is 43.5 Å². The zero-order chi connectivity index (χ0) is 15.6. The number of alkyl halides is 1. The first-order chi connectivity index (χ1) is 9.97. The molecule has 0 bridgehead atoms. The number of ether oxygens (including phenoxy) is 1. The van der Waals surface area contributed by atoms with Crippen molar-refractivity contribution in [2.24, 2.45) is 0 Å². The predicted octanol–water partition coefficient (Wildman–Crippen LogP) is 5.41. The lowest BCUT2D eigenvalue weighted by atomic mass is 10.1. The van der Waals surface area contributed by atoms with E-state index in [1.807, 2.05) is 31.5 Å². The molecule has 6 heteroatoms. The molecular weight excluding hydrogens is 419 g/mol. The van der Waals surface area contributed by atoms with E-state index < -0.39 is 0 Å². The van der Waals surface area contributed by atoms with Crippen molar-refractivity contribution in [3.8, 4) is 5.75 Å². The van der Waals surface area contributed by atoms with Gasteiger partial charge in [-0.2, -0.15) is 5.10 Å². The van der Waals surface area contributed by atoms with Gasteiger partial charge in [0.1, 0.15) is 12.4 Å². The molecule has 1 aromatic carbocycles. The van der Waals surface area contributed by atoms with Crippen LogP contribution in [0.15, 0.2) is 16.6 Å². The van der Waals surface area contributed by atoms with Gasteiger partial charge >= 0.3 is 0 Å². The van der Waals surface area contributed by atoms with E-state index in [2.05, 4.69) is 43.0 Å². The first kappa shape index (κ1) is 16.8. The molecule has 0 saturated carbocycles. The van der Waals surface area contributed by atoms with Crippen LogP contribution in [-0.4, -0.2) is 9.78 Å². The van der Waals surface area contributed by atoms with Gasteiger partial charge in [-0.3, -0.25) is 4.68 Å². The Morgan fingerprint density at radius 3 is 2.67 bits per heavy atom. The van der Waals surface area contributed by atoms with E-state index in [0.717, 1.165) is 44.6 Å². The molecule has 2 rings (SSSR count). The Labute approximate surface area is 146 Å². The molecule has 1 aromatic heterocycles. The smallest absolute Gasteiger partial charge is 0.131 e. The van der Waals surface area contributed by atoms with Crippen LogP contribution in [-0.2, 0) is 18.5 Å². The molecule has 0 aliphatic rings. The summed E-state index contributed by atoms with van der Waals surface area (Å²) in [5.41, 5.74) is 3.95. The monoisotopic (exact) mass is 434 g/mol. The van der Waals surface area contributed by atoms with Gasteiger partial charge in [0, 0.05) is 21.9 Å². The number of hydrogen-bond donors (Lipinski definition) is 0. The lowest BCUT2D eigenvalue weighted by Crippen LogP contribution is -2.08. The number of aromatic nitrogens is 2. The summed E-state index contributed by atoms with van der Waals surface area (Å²) in [5, 5.41) is 5.83. The third-order valence-electron chi connectivity index (χ3n) is 3.27. The minimum atomic E-state index is 0.413. The van der Waals surface area contributed by atoms with Crippen molar-refractivity contribution in [3.63, 3.8) is 0 Å². The summed E-state index contributed by atoms with van der Waals surface area (Å²) in [7, 11) is 0. The highest BCUT2D eigenvalue weighted by atomic mass is 79.9. The van der Waals surface area contributed by atoms with Gasteiger partial charge in [-0.25, -0.2) is 0 Å². The summed E-state index contributed by atoms with van der Waals surface area (Å²) >= 11 is 13.3. The average molecular weight is 437 g/mol. The van der Waals surface area contributed by atoms with Crippen molar-refractivity contribution in [2.75, 3.05) is 0 Å². The molecular formula is C15H17Br2ClN2O. The second kappa shape index (κ2) is 7.16. The van der Waals surface area contributed by atoms with Crippen molar-refractivity contribution in [1.29, 1.82) is 0 Å². The summed E-state index contributed by atoms with van der Waals surface area (Å²) in [6, 6.07) is 4.10. The highest BCUT2D eigenvalue weighted by molar-refractivity contribution is 9.10. The van der Waals surface area contributed by atoms with E-state index in [-0.39, 0.29) is 0 Å². The van der Waals surface area contributed by atoms with Gasteiger partial charge in [0.25, 0.3) is 0 Å². The molecule has 0 unspecified atom stereocenters. The van der Waals surface area contributed by atoms with Gasteiger partial charge in [-0.1, -0.05) is 43.5 Å². The molecule has 0 fully saturated rings. The maximum atomic E-state index is 6.32. The Balaban J connectivity index is 2.29. The van der Waals surface area contributed by atoms with Crippen LogP contribution in [0, 0.1) is 13.8 Å². The summed E-state index contributed by atoms with van der Waals surface area (Å²) < 4.78 is 8.98. The van der Waals surface area contributed by atoms with Crippen LogP contribution in [0.2, 0.25) is 5.02 Å². The normalized spacial score (nSPS) is 11.0. The summed E-state index contributed by atoms with van der Waals surface area (Å²) in [4.78, 5) is 0. The number of hydrogen-bond acceptors (Lipinski definition) is 2. The minimum absolute atomic E-state index is 0.413. The van der Waals surface area contributed by atoms with Crippen molar-refractivity contribution in [2.45, 2.75) is 39.3 Å². The van der Waals surface area contributed by atoms with E-state index in [1.54, 1.807) is 0 Å². The lowest BCUT2D eigenvalue weighted by molar-refractivity contribution is 0.288. The molecule has 2 aromatic rings. The molecule has 0 radical (unpaired) electrons. The number of rotatable bonds is 5. The van der Waals surface area contributed by atoms with Gasteiger partial charge < -0.3 is 4.74 Å². The minimum Gasteiger partial charge on any atom is -0.487 e. The van der Waals surface area contributed by atoms with Crippen molar-refractivity contribution in [3.05, 3.63) is 44.1 Å². The summed E-state index contributed by atoms with van der Waals surface area (Å²) in [6.07, 6.45) is 0. The number of benzene rings is 1. The molecule has 0 N–H and O–H groups in total. The SMILES string of the molecule is CCn1nc(C)c(Cl)c1COc1c(C)cc(Br)cc1CBr. The Kier molecular flexibility index (Phi) is 5.74. The molecule has 21 heavy (non-hydrogen) atoms. The Bertz CT molecular complexity index is 656. The lowest BCUT2D eigenvalue weighted by Gasteiger charge is -2.14. The fraction of sp³-hybridized carbons (Fsp3) is 0.400. The number of halogens is 3. The van der Waals surface area contributed by atoms with Crippen LogP contribution in [0.4, 0.5) is 0 Å². The topological polar surface area (TPSA) is 27.1 Å². The molecule has 0 atom stereocenters. The van der Waals surface area contributed by atoms with E-state index in [9.17, 15) is 0 Å². The first-order valence-electron chi connectivity index (χ1n) is 6.67. The van der Waals surface area contributed by atoms with E-state index in [4.69, 9.17) is 16.3 Å². The first-order valence-corrected chi connectivity index (χ1v) is 8.96. The molecule has 0 amide bonds. The number of aryl methyl sites for hydroxylation is 3. The molecule has 0 aliphatic carbocycles. The third kappa shape index (κ3) is 3.63. The number of nitrogens with zero attached hydrogens (tertiary/aromatic N) is 2. The van der Waals surface area contributed by atoms with Gasteiger partial charge in [0.05, 0.1) is 16.4 Å². The maximum absolute atomic E-state index is 6.32. The van der Waals surface area contributed by atoms with Crippen LogP contribution >= 0.6 is 43.5 Å². The van der Waals surface area contributed by atoms with E-state index in [1.165, 1.54) is 0 Å². The Morgan fingerprint density at radius 2 is 2.05 bits per heavy atom. The zero-order valence-corrected chi connectivity index (χ0v) is 16.1. The van der Waals surface area contributed by atoms with Crippen LogP contribution in [0.3, 0.4) is 0 Å². The molecule has 0 aliphatic heterocycles. The van der Waals surface area contributed by atoms with Gasteiger partial charge in [0.15, 0.2) is 0 Å². The summed E-state index contributed by atoms with van der Waals surface area (Å²) in [5.74, 6) is 0.896. The second-order valence-corrected chi connectivity index (χ2v) is 6.65. The van der Waals surface area contributed by atoms with Crippen LogP contribution < -0.4 is 4.74 Å². The fourth-order valence-corrected chi connectivity index (χ4v) is 3.48. The van der Waals surface area contributed by atoms with E-state index >= 15 is 0 Å². The van der Waals surface area contributed by atoms with E-state index in [0.29, 0.717) is 11.6 Å². The van der Waals surface area contributed by atoms with Gasteiger partial charge in [0.2, 0.25) is 0 Å². The van der Waals surface area contributed by atoms with Crippen LogP contribution in [0.5, 0.6) is 5.75 Å². The quantitative estimate of drug-likeness (QED) is 0.586.